The van der Waals surface area contributed by atoms with Crippen LogP contribution in [0.5, 0.6) is 5.75 Å². The number of ether oxygens (including phenoxy) is 1. The van der Waals surface area contributed by atoms with Gasteiger partial charge in [-0.05, 0) is 31.5 Å². The maximum absolute atomic E-state index is 13.5. The van der Waals surface area contributed by atoms with Gasteiger partial charge in [-0.15, -0.1) is 0 Å². The standard InChI is InChI=1S/C15H22FNO3/c1-10(2)17-8-11-5-12(16)7-13(6-11)20-9-15(3,4)14(18)19/h5-7,10,17H,8-9H2,1-4H3,(H,18,19). The molecule has 0 bridgehead atoms. The zero-order valence-corrected chi connectivity index (χ0v) is 12.4. The van der Waals surface area contributed by atoms with Gasteiger partial charge in [-0.25, -0.2) is 4.39 Å². The van der Waals surface area contributed by atoms with Gasteiger partial charge in [0.05, 0.1) is 5.41 Å². The summed E-state index contributed by atoms with van der Waals surface area (Å²) < 4.78 is 18.9. The van der Waals surface area contributed by atoms with Crippen LogP contribution in [0.1, 0.15) is 33.3 Å². The van der Waals surface area contributed by atoms with Crippen molar-refractivity contribution in [1.29, 1.82) is 0 Å². The summed E-state index contributed by atoms with van der Waals surface area (Å²) in [6.07, 6.45) is 0. The summed E-state index contributed by atoms with van der Waals surface area (Å²) in [6, 6.07) is 4.71. The van der Waals surface area contributed by atoms with Crippen LogP contribution in [0.4, 0.5) is 4.39 Å². The second-order valence-electron chi connectivity index (χ2n) is 5.81. The van der Waals surface area contributed by atoms with Gasteiger partial charge in [0.2, 0.25) is 0 Å². The maximum Gasteiger partial charge on any atom is 0.312 e. The lowest BCUT2D eigenvalue weighted by Gasteiger charge is -2.20. The van der Waals surface area contributed by atoms with E-state index in [1.54, 1.807) is 19.9 Å². The first kappa shape index (κ1) is 16.4. The minimum absolute atomic E-state index is 0.0111. The molecule has 0 atom stereocenters. The minimum Gasteiger partial charge on any atom is -0.492 e. The minimum atomic E-state index is -1.01. The molecule has 0 aliphatic carbocycles. The van der Waals surface area contributed by atoms with Gasteiger partial charge in [0.25, 0.3) is 0 Å². The van der Waals surface area contributed by atoms with Crippen molar-refractivity contribution >= 4 is 5.97 Å². The van der Waals surface area contributed by atoms with Crippen molar-refractivity contribution in [3.63, 3.8) is 0 Å². The van der Waals surface area contributed by atoms with Crippen LogP contribution in [-0.4, -0.2) is 23.7 Å². The summed E-state index contributed by atoms with van der Waals surface area (Å²) in [5.41, 5.74) is -0.246. The van der Waals surface area contributed by atoms with Crippen LogP contribution in [0.25, 0.3) is 0 Å². The molecule has 0 aromatic heterocycles. The van der Waals surface area contributed by atoms with Crippen molar-refractivity contribution in [2.75, 3.05) is 6.61 Å². The van der Waals surface area contributed by atoms with E-state index >= 15 is 0 Å². The molecule has 0 heterocycles. The Hall–Kier alpha value is -1.62. The molecule has 1 aromatic carbocycles. The molecule has 5 heteroatoms. The molecule has 0 amide bonds. The molecule has 20 heavy (non-hydrogen) atoms. The molecule has 112 valence electrons. The van der Waals surface area contributed by atoms with Crippen LogP contribution in [0.15, 0.2) is 18.2 Å². The summed E-state index contributed by atoms with van der Waals surface area (Å²) in [5.74, 6) is -0.994. The summed E-state index contributed by atoms with van der Waals surface area (Å²) in [7, 11) is 0. The Morgan fingerprint density at radius 1 is 1.40 bits per heavy atom. The zero-order valence-electron chi connectivity index (χ0n) is 12.4. The van der Waals surface area contributed by atoms with Crippen LogP contribution in [0.3, 0.4) is 0 Å². The third kappa shape index (κ3) is 5.17. The van der Waals surface area contributed by atoms with Crippen LogP contribution >= 0.6 is 0 Å². The number of hydrogen-bond donors (Lipinski definition) is 2. The zero-order chi connectivity index (χ0) is 15.3. The van der Waals surface area contributed by atoms with Gasteiger partial charge in [0.1, 0.15) is 18.2 Å². The first-order valence-electron chi connectivity index (χ1n) is 6.60. The Balaban J connectivity index is 2.73. The first-order valence-corrected chi connectivity index (χ1v) is 6.60. The van der Waals surface area contributed by atoms with Crippen molar-refractivity contribution in [3.8, 4) is 5.75 Å². The molecule has 1 aromatic rings. The average Bonchev–Trinajstić information content (AvgIpc) is 2.33. The van der Waals surface area contributed by atoms with Crippen LogP contribution in [0.2, 0.25) is 0 Å². The molecule has 0 aliphatic heterocycles. The Morgan fingerprint density at radius 3 is 2.60 bits per heavy atom. The number of carboxylic acids is 1. The van der Waals surface area contributed by atoms with Gasteiger partial charge < -0.3 is 15.2 Å². The molecule has 0 saturated heterocycles. The second kappa shape index (κ2) is 6.70. The molecule has 0 fully saturated rings. The van der Waals surface area contributed by atoms with E-state index in [-0.39, 0.29) is 6.61 Å². The highest BCUT2D eigenvalue weighted by molar-refractivity contribution is 5.73. The Morgan fingerprint density at radius 2 is 2.05 bits per heavy atom. The number of benzene rings is 1. The molecule has 0 spiro atoms. The Kier molecular flexibility index (Phi) is 5.51. The van der Waals surface area contributed by atoms with Crippen LogP contribution in [-0.2, 0) is 11.3 Å². The predicted octanol–water partition coefficient (Wildman–Crippen LogP) is 2.81. The summed E-state index contributed by atoms with van der Waals surface area (Å²) in [6.45, 7) is 7.67. The van der Waals surface area contributed by atoms with Gasteiger partial charge in [-0.1, -0.05) is 13.8 Å². The van der Waals surface area contributed by atoms with E-state index in [0.29, 0.717) is 18.3 Å². The summed E-state index contributed by atoms with van der Waals surface area (Å²) in [4.78, 5) is 11.0. The van der Waals surface area contributed by atoms with E-state index in [0.717, 1.165) is 5.56 Å². The topological polar surface area (TPSA) is 58.6 Å². The van der Waals surface area contributed by atoms with E-state index in [4.69, 9.17) is 9.84 Å². The SMILES string of the molecule is CC(C)NCc1cc(F)cc(OCC(C)(C)C(=O)O)c1. The van der Waals surface area contributed by atoms with Crippen molar-refractivity contribution < 1.29 is 19.0 Å². The predicted molar refractivity (Wildman–Crippen MR) is 75.3 cm³/mol. The second-order valence-corrected chi connectivity index (χ2v) is 5.81. The molecular weight excluding hydrogens is 261 g/mol. The van der Waals surface area contributed by atoms with Gasteiger partial charge in [-0.2, -0.15) is 0 Å². The van der Waals surface area contributed by atoms with Gasteiger partial charge in [-0.3, -0.25) is 4.79 Å². The van der Waals surface area contributed by atoms with Gasteiger partial charge in [0, 0.05) is 18.7 Å². The fourth-order valence-electron chi connectivity index (χ4n) is 1.45. The first-order chi connectivity index (χ1) is 9.20. The van der Waals surface area contributed by atoms with Crippen molar-refractivity contribution in [1.82, 2.24) is 5.32 Å². The van der Waals surface area contributed by atoms with E-state index in [9.17, 15) is 9.18 Å². The fraction of sp³-hybridized carbons (Fsp3) is 0.533. The van der Waals surface area contributed by atoms with Crippen molar-refractivity contribution in [2.45, 2.75) is 40.3 Å². The monoisotopic (exact) mass is 283 g/mol. The number of rotatable bonds is 7. The smallest absolute Gasteiger partial charge is 0.312 e. The highest BCUT2D eigenvalue weighted by Gasteiger charge is 2.28. The lowest BCUT2D eigenvalue weighted by Crippen LogP contribution is -2.30. The Labute approximate surface area is 119 Å². The van der Waals surface area contributed by atoms with E-state index in [1.165, 1.54) is 12.1 Å². The van der Waals surface area contributed by atoms with E-state index < -0.39 is 17.2 Å². The molecule has 4 nitrogen and oxygen atoms in total. The lowest BCUT2D eigenvalue weighted by atomic mass is 9.95. The molecule has 1 rings (SSSR count). The van der Waals surface area contributed by atoms with Crippen molar-refractivity contribution in [3.05, 3.63) is 29.6 Å². The largest absolute Gasteiger partial charge is 0.492 e. The molecule has 0 unspecified atom stereocenters. The number of halogens is 1. The molecule has 0 saturated carbocycles. The maximum atomic E-state index is 13.5. The summed E-state index contributed by atoms with van der Waals surface area (Å²) >= 11 is 0. The third-order valence-corrected chi connectivity index (χ3v) is 2.82. The van der Waals surface area contributed by atoms with Gasteiger partial charge >= 0.3 is 5.97 Å². The number of nitrogens with one attached hydrogen (secondary N) is 1. The Bertz CT molecular complexity index is 472. The number of carbonyl (C=O) groups is 1. The van der Waals surface area contributed by atoms with Crippen molar-refractivity contribution in [2.24, 2.45) is 5.41 Å². The lowest BCUT2D eigenvalue weighted by molar-refractivity contribution is -0.148. The molecule has 0 aliphatic rings. The third-order valence-electron chi connectivity index (χ3n) is 2.82. The van der Waals surface area contributed by atoms with Crippen LogP contribution in [0, 0.1) is 11.2 Å². The number of carboxylic acid groups (broad SMARTS) is 1. The van der Waals surface area contributed by atoms with Crippen LogP contribution < -0.4 is 10.1 Å². The average molecular weight is 283 g/mol. The molecule has 0 radical (unpaired) electrons. The van der Waals surface area contributed by atoms with E-state index in [1.807, 2.05) is 13.8 Å². The highest BCUT2D eigenvalue weighted by Crippen LogP contribution is 2.21. The quantitative estimate of drug-likeness (QED) is 0.808. The number of hydrogen-bond acceptors (Lipinski definition) is 3. The fourth-order valence-corrected chi connectivity index (χ4v) is 1.45. The molecular formula is C15H22FNO3. The summed E-state index contributed by atoms with van der Waals surface area (Å²) in [5, 5.41) is 12.2. The normalized spacial score (nSPS) is 11.7. The van der Waals surface area contributed by atoms with E-state index in [2.05, 4.69) is 5.32 Å². The molecule has 2 N–H and O–H groups in total. The highest BCUT2D eigenvalue weighted by atomic mass is 19.1. The number of aliphatic carboxylic acids is 1. The van der Waals surface area contributed by atoms with Gasteiger partial charge in [0.15, 0.2) is 0 Å².